The maximum atomic E-state index is 13.0. The highest BCUT2D eigenvalue weighted by atomic mass is 16.2. The molecule has 0 aliphatic rings. The fourth-order valence-electron chi connectivity index (χ4n) is 2.99. The minimum atomic E-state index is -0.0888. The van der Waals surface area contributed by atoms with E-state index >= 15 is 0 Å². The molecule has 0 radical (unpaired) electrons. The van der Waals surface area contributed by atoms with Crippen LogP contribution in [0.15, 0.2) is 73.1 Å². The second-order valence-electron chi connectivity index (χ2n) is 6.15. The number of nitrogens with zero attached hydrogens (tertiary/aromatic N) is 4. The molecule has 3 rings (SSSR count). The smallest absolute Gasteiger partial charge is 0.272 e. The molecule has 2 aromatic carbocycles. The molecule has 0 saturated heterocycles. The van der Waals surface area contributed by atoms with Gasteiger partial charge in [-0.05, 0) is 31.5 Å². The first kappa shape index (κ1) is 18.6. The van der Waals surface area contributed by atoms with Gasteiger partial charge in [0.1, 0.15) is 17.8 Å². The molecule has 1 amide bonds. The van der Waals surface area contributed by atoms with E-state index in [1.54, 1.807) is 11.0 Å². The van der Waals surface area contributed by atoms with Crippen LogP contribution in [0.3, 0.4) is 0 Å². The monoisotopic (exact) mass is 360 g/mol. The standard InChI is InChI=1S/C22H24N4O/c1-3-25(16-18-11-7-5-8-12-18)22(27)20-15-21(24-17-23-20)26(4-2)19-13-9-6-10-14-19/h5-15,17H,3-4,16H2,1-2H3. The predicted molar refractivity (Wildman–Crippen MR) is 108 cm³/mol. The maximum absolute atomic E-state index is 13.0. The fourth-order valence-corrected chi connectivity index (χ4v) is 2.99. The van der Waals surface area contributed by atoms with Crippen LogP contribution in [-0.2, 0) is 6.54 Å². The SMILES string of the molecule is CCN(Cc1ccccc1)C(=O)c1cc(N(CC)c2ccccc2)ncn1. The van der Waals surface area contributed by atoms with Crippen molar-refractivity contribution in [2.24, 2.45) is 0 Å². The van der Waals surface area contributed by atoms with Crippen molar-refractivity contribution in [1.29, 1.82) is 0 Å². The van der Waals surface area contributed by atoms with Gasteiger partial charge in [-0.15, -0.1) is 0 Å². The molecule has 0 bridgehead atoms. The van der Waals surface area contributed by atoms with Crippen LogP contribution in [0.1, 0.15) is 29.9 Å². The molecule has 1 heterocycles. The lowest BCUT2D eigenvalue weighted by molar-refractivity contribution is 0.0746. The Morgan fingerprint density at radius 2 is 1.56 bits per heavy atom. The van der Waals surface area contributed by atoms with Gasteiger partial charge in [-0.3, -0.25) is 4.79 Å². The number of aromatic nitrogens is 2. The van der Waals surface area contributed by atoms with Crippen LogP contribution >= 0.6 is 0 Å². The van der Waals surface area contributed by atoms with Gasteiger partial charge in [0.25, 0.3) is 5.91 Å². The molecule has 3 aromatic rings. The largest absolute Gasteiger partial charge is 0.333 e. The van der Waals surface area contributed by atoms with Crippen molar-refractivity contribution < 1.29 is 4.79 Å². The van der Waals surface area contributed by atoms with Gasteiger partial charge in [0.2, 0.25) is 0 Å². The summed E-state index contributed by atoms with van der Waals surface area (Å²) in [5, 5.41) is 0. The van der Waals surface area contributed by atoms with E-state index in [1.807, 2.05) is 67.6 Å². The molecule has 0 atom stereocenters. The van der Waals surface area contributed by atoms with Crippen LogP contribution in [0.25, 0.3) is 0 Å². The van der Waals surface area contributed by atoms with Gasteiger partial charge < -0.3 is 9.80 Å². The van der Waals surface area contributed by atoms with Crippen LogP contribution in [0.5, 0.6) is 0 Å². The normalized spacial score (nSPS) is 10.4. The predicted octanol–water partition coefficient (Wildman–Crippen LogP) is 4.30. The molecular formula is C22H24N4O. The number of amides is 1. The molecule has 1 aromatic heterocycles. The van der Waals surface area contributed by atoms with E-state index in [1.165, 1.54) is 6.33 Å². The van der Waals surface area contributed by atoms with Crippen LogP contribution < -0.4 is 4.90 Å². The van der Waals surface area contributed by atoms with Gasteiger partial charge in [0.05, 0.1) is 0 Å². The first-order valence-corrected chi connectivity index (χ1v) is 9.20. The number of benzene rings is 2. The molecule has 5 nitrogen and oxygen atoms in total. The summed E-state index contributed by atoms with van der Waals surface area (Å²) in [6.45, 7) is 5.96. The lowest BCUT2D eigenvalue weighted by Crippen LogP contribution is -2.31. The summed E-state index contributed by atoms with van der Waals surface area (Å²) in [5.74, 6) is 0.631. The molecular weight excluding hydrogens is 336 g/mol. The minimum absolute atomic E-state index is 0.0888. The van der Waals surface area contributed by atoms with E-state index in [-0.39, 0.29) is 5.91 Å². The van der Waals surface area contributed by atoms with Crippen LogP contribution in [0.4, 0.5) is 11.5 Å². The summed E-state index contributed by atoms with van der Waals surface area (Å²) in [7, 11) is 0. The first-order chi connectivity index (χ1) is 13.2. The molecule has 0 aliphatic heterocycles. The van der Waals surface area contributed by atoms with Crippen molar-refractivity contribution in [3.05, 3.63) is 84.3 Å². The summed E-state index contributed by atoms with van der Waals surface area (Å²) >= 11 is 0. The quantitative estimate of drug-likeness (QED) is 0.630. The number of anilines is 2. The van der Waals surface area contributed by atoms with Crippen LogP contribution in [0.2, 0.25) is 0 Å². The lowest BCUT2D eigenvalue weighted by atomic mass is 10.2. The molecule has 138 valence electrons. The Labute approximate surface area is 160 Å². The molecule has 0 spiro atoms. The Hall–Kier alpha value is -3.21. The van der Waals surface area contributed by atoms with Crippen molar-refractivity contribution in [2.45, 2.75) is 20.4 Å². The van der Waals surface area contributed by atoms with Gasteiger partial charge in [-0.1, -0.05) is 48.5 Å². The fraction of sp³-hybridized carbons (Fsp3) is 0.227. The molecule has 0 fully saturated rings. The number of carbonyl (C=O) groups excluding carboxylic acids is 1. The number of hydrogen-bond acceptors (Lipinski definition) is 4. The summed E-state index contributed by atoms with van der Waals surface area (Å²) in [4.78, 5) is 25.5. The zero-order valence-electron chi connectivity index (χ0n) is 15.7. The average Bonchev–Trinajstić information content (AvgIpc) is 2.74. The molecule has 0 unspecified atom stereocenters. The van der Waals surface area contributed by atoms with Crippen LogP contribution in [-0.4, -0.2) is 33.9 Å². The van der Waals surface area contributed by atoms with E-state index in [0.29, 0.717) is 18.8 Å². The Morgan fingerprint density at radius 1 is 0.889 bits per heavy atom. The van der Waals surface area contributed by atoms with Gasteiger partial charge in [-0.25, -0.2) is 9.97 Å². The highest BCUT2D eigenvalue weighted by Crippen LogP contribution is 2.23. The zero-order chi connectivity index (χ0) is 19.1. The van der Waals surface area contributed by atoms with Crippen molar-refractivity contribution in [1.82, 2.24) is 14.9 Å². The number of hydrogen-bond donors (Lipinski definition) is 0. The molecule has 0 saturated carbocycles. The van der Waals surface area contributed by atoms with Crippen molar-refractivity contribution >= 4 is 17.4 Å². The van der Waals surface area contributed by atoms with E-state index in [0.717, 1.165) is 23.6 Å². The van der Waals surface area contributed by atoms with Gasteiger partial charge in [0.15, 0.2) is 0 Å². The third-order valence-electron chi connectivity index (χ3n) is 4.42. The Balaban J connectivity index is 1.84. The van der Waals surface area contributed by atoms with E-state index in [4.69, 9.17) is 0 Å². The summed E-state index contributed by atoms with van der Waals surface area (Å²) in [6.07, 6.45) is 1.46. The van der Waals surface area contributed by atoms with Gasteiger partial charge in [0, 0.05) is 31.4 Å². The molecule has 0 N–H and O–H groups in total. The lowest BCUT2D eigenvalue weighted by Gasteiger charge is -2.24. The van der Waals surface area contributed by atoms with Crippen molar-refractivity contribution in [2.75, 3.05) is 18.0 Å². The number of carbonyl (C=O) groups is 1. The number of para-hydroxylation sites is 1. The summed E-state index contributed by atoms with van der Waals surface area (Å²) in [5.41, 5.74) is 2.54. The topological polar surface area (TPSA) is 49.3 Å². The van der Waals surface area contributed by atoms with Crippen LogP contribution in [0, 0.1) is 0 Å². The average molecular weight is 360 g/mol. The third-order valence-corrected chi connectivity index (χ3v) is 4.42. The third kappa shape index (κ3) is 4.50. The van der Waals surface area contributed by atoms with Gasteiger partial charge >= 0.3 is 0 Å². The molecule has 0 aliphatic carbocycles. The zero-order valence-corrected chi connectivity index (χ0v) is 15.7. The highest BCUT2D eigenvalue weighted by molar-refractivity contribution is 5.93. The van der Waals surface area contributed by atoms with Crippen molar-refractivity contribution in [3.63, 3.8) is 0 Å². The molecule has 5 heteroatoms. The summed E-state index contributed by atoms with van der Waals surface area (Å²) < 4.78 is 0. The molecule has 27 heavy (non-hydrogen) atoms. The van der Waals surface area contributed by atoms with E-state index in [9.17, 15) is 4.79 Å². The Bertz CT molecular complexity index is 868. The minimum Gasteiger partial charge on any atom is -0.333 e. The second-order valence-corrected chi connectivity index (χ2v) is 6.15. The Kier molecular flexibility index (Phi) is 6.15. The first-order valence-electron chi connectivity index (χ1n) is 9.20. The number of rotatable bonds is 7. The van der Waals surface area contributed by atoms with Gasteiger partial charge in [-0.2, -0.15) is 0 Å². The summed E-state index contributed by atoms with van der Waals surface area (Å²) in [6, 6.07) is 21.8. The van der Waals surface area contributed by atoms with Crippen molar-refractivity contribution in [3.8, 4) is 0 Å². The Morgan fingerprint density at radius 3 is 2.19 bits per heavy atom. The highest BCUT2D eigenvalue weighted by Gasteiger charge is 2.18. The second kappa shape index (κ2) is 8.94. The van der Waals surface area contributed by atoms with E-state index in [2.05, 4.69) is 21.8 Å². The maximum Gasteiger partial charge on any atom is 0.272 e. The van der Waals surface area contributed by atoms with E-state index < -0.39 is 0 Å².